The second-order valence-corrected chi connectivity index (χ2v) is 6.43. The normalized spacial score (nSPS) is 20.7. The molecule has 2 saturated heterocycles. The molecule has 0 aromatic heterocycles. The van der Waals surface area contributed by atoms with E-state index >= 15 is 0 Å². The van der Waals surface area contributed by atoms with E-state index in [0.29, 0.717) is 5.96 Å². The zero-order chi connectivity index (χ0) is 15.6. The fraction of sp³-hybridized carbons (Fsp3) is 0.562. The second-order valence-electron chi connectivity index (χ2n) is 6.43. The minimum atomic E-state index is -0.202. The lowest BCUT2D eigenvalue weighted by Crippen LogP contribution is -2.52. The van der Waals surface area contributed by atoms with E-state index in [4.69, 9.17) is 10.5 Å². The van der Waals surface area contributed by atoms with Gasteiger partial charge in [-0.15, -0.1) is 24.0 Å². The van der Waals surface area contributed by atoms with Crippen molar-refractivity contribution in [3.63, 3.8) is 0 Å². The van der Waals surface area contributed by atoms with Crippen LogP contribution in [0.15, 0.2) is 29.3 Å². The van der Waals surface area contributed by atoms with Crippen molar-refractivity contribution in [1.82, 2.24) is 4.90 Å². The van der Waals surface area contributed by atoms with Gasteiger partial charge in [0.15, 0.2) is 5.96 Å². The minimum Gasteiger partial charge on any atom is -0.380 e. The van der Waals surface area contributed by atoms with Gasteiger partial charge in [0.1, 0.15) is 5.82 Å². The van der Waals surface area contributed by atoms with Gasteiger partial charge in [-0.2, -0.15) is 0 Å². The summed E-state index contributed by atoms with van der Waals surface area (Å²) < 4.78 is 18.2. The van der Waals surface area contributed by atoms with Gasteiger partial charge in [-0.25, -0.2) is 4.39 Å². The summed E-state index contributed by atoms with van der Waals surface area (Å²) in [5.74, 6) is 0.416. The van der Waals surface area contributed by atoms with Crippen LogP contribution in [-0.2, 0) is 4.74 Å². The summed E-state index contributed by atoms with van der Waals surface area (Å²) in [5, 5.41) is 0. The highest BCUT2D eigenvalue weighted by Crippen LogP contribution is 2.26. The van der Waals surface area contributed by atoms with Crippen molar-refractivity contribution in [2.45, 2.75) is 6.92 Å². The van der Waals surface area contributed by atoms with Crippen LogP contribution in [0.3, 0.4) is 0 Å². The first-order valence-corrected chi connectivity index (χ1v) is 7.69. The summed E-state index contributed by atoms with van der Waals surface area (Å²) >= 11 is 0. The Bertz CT molecular complexity index is 540. The molecular formula is C16H24FIN4O. The van der Waals surface area contributed by atoms with Crippen LogP contribution in [-0.4, -0.2) is 56.8 Å². The summed E-state index contributed by atoms with van der Waals surface area (Å²) in [7, 11) is 0. The molecule has 7 heteroatoms. The molecule has 0 radical (unpaired) electrons. The summed E-state index contributed by atoms with van der Waals surface area (Å²) in [4.78, 5) is 8.88. The largest absolute Gasteiger partial charge is 0.380 e. The Kier molecular flexibility index (Phi) is 6.07. The average molecular weight is 434 g/mol. The number of ether oxygens (including phenoxy) is 1. The fourth-order valence-corrected chi connectivity index (χ4v) is 2.76. The smallest absolute Gasteiger partial charge is 0.191 e. The molecule has 1 aromatic carbocycles. The van der Waals surface area contributed by atoms with Crippen molar-refractivity contribution in [2.75, 3.05) is 50.8 Å². The number of guanidine groups is 1. The van der Waals surface area contributed by atoms with Gasteiger partial charge >= 0.3 is 0 Å². The van der Waals surface area contributed by atoms with Crippen LogP contribution in [0.2, 0.25) is 0 Å². The molecule has 1 aromatic rings. The van der Waals surface area contributed by atoms with E-state index in [2.05, 4.69) is 21.7 Å². The van der Waals surface area contributed by atoms with E-state index in [0.717, 1.165) is 51.6 Å². The lowest BCUT2D eigenvalue weighted by molar-refractivity contribution is -0.0945. The van der Waals surface area contributed by atoms with E-state index in [-0.39, 0.29) is 35.2 Å². The number of nitrogens with two attached hydrogens (primary N) is 1. The van der Waals surface area contributed by atoms with Gasteiger partial charge in [-0.3, -0.25) is 4.99 Å². The number of halogens is 2. The predicted octanol–water partition coefficient (Wildman–Crippen LogP) is 1.92. The highest BCUT2D eigenvalue weighted by molar-refractivity contribution is 14.0. The molecule has 0 amide bonds. The molecule has 2 aliphatic heterocycles. The Labute approximate surface area is 153 Å². The topological polar surface area (TPSA) is 54.1 Å². The first kappa shape index (κ1) is 18.3. The number of rotatable bonds is 3. The van der Waals surface area contributed by atoms with E-state index < -0.39 is 0 Å². The number of anilines is 1. The van der Waals surface area contributed by atoms with Crippen molar-refractivity contribution >= 4 is 35.6 Å². The number of aliphatic imine (C=N–C) groups is 1. The van der Waals surface area contributed by atoms with E-state index in [1.165, 1.54) is 12.1 Å². The zero-order valence-electron chi connectivity index (χ0n) is 13.4. The lowest BCUT2D eigenvalue weighted by Gasteiger charge is -2.38. The van der Waals surface area contributed by atoms with Crippen molar-refractivity contribution in [2.24, 2.45) is 16.1 Å². The highest BCUT2D eigenvalue weighted by atomic mass is 127. The molecule has 0 atom stereocenters. The van der Waals surface area contributed by atoms with Crippen LogP contribution in [0, 0.1) is 11.2 Å². The zero-order valence-corrected chi connectivity index (χ0v) is 15.7. The molecule has 3 rings (SSSR count). The molecular weight excluding hydrogens is 410 g/mol. The Morgan fingerprint density at radius 1 is 1.22 bits per heavy atom. The second kappa shape index (κ2) is 7.65. The van der Waals surface area contributed by atoms with Crippen molar-refractivity contribution in [3.05, 3.63) is 30.1 Å². The first-order chi connectivity index (χ1) is 10.6. The summed E-state index contributed by atoms with van der Waals surface area (Å²) in [6.07, 6.45) is 0. The third kappa shape index (κ3) is 4.47. The van der Waals surface area contributed by atoms with Crippen LogP contribution in [0.1, 0.15) is 6.92 Å². The van der Waals surface area contributed by atoms with Gasteiger partial charge in [0.2, 0.25) is 0 Å². The van der Waals surface area contributed by atoms with Gasteiger partial charge in [-0.1, -0.05) is 6.92 Å². The number of hydrogen-bond donors (Lipinski definition) is 1. The van der Waals surface area contributed by atoms with Crippen LogP contribution >= 0.6 is 24.0 Å². The minimum absolute atomic E-state index is 0. The highest BCUT2D eigenvalue weighted by Gasteiger charge is 2.33. The molecule has 0 saturated carbocycles. The third-order valence-corrected chi connectivity index (χ3v) is 4.32. The quantitative estimate of drug-likeness (QED) is 0.449. The molecule has 5 nitrogen and oxygen atoms in total. The van der Waals surface area contributed by atoms with E-state index in [1.54, 1.807) is 0 Å². The lowest BCUT2D eigenvalue weighted by atomic mass is 9.89. The van der Waals surface area contributed by atoms with Crippen molar-refractivity contribution < 1.29 is 9.13 Å². The molecule has 2 heterocycles. The Morgan fingerprint density at radius 2 is 1.83 bits per heavy atom. The number of piperazine rings is 1. The van der Waals surface area contributed by atoms with Crippen LogP contribution in [0.4, 0.5) is 10.1 Å². The van der Waals surface area contributed by atoms with Gasteiger partial charge in [0.05, 0.1) is 19.8 Å². The molecule has 2 N–H and O–H groups in total. The summed E-state index contributed by atoms with van der Waals surface area (Å²) in [6.45, 7) is 7.81. The Morgan fingerprint density at radius 3 is 2.35 bits per heavy atom. The average Bonchev–Trinajstić information content (AvgIpc) is 2.52. The SMILES string of the molecule is CC1(CN=C(N)N2CCN(c3ccc(F)cc3)CC2)COC1.I. The standard InChI is InChI=1S/C16H23FN4O.HI/c1-16(11-22-12-16)10-19-15(18)21-8-6-20(7-9-21)14-4-2-13(17)3-5-14;/h2-5H,6-12H2,1H3,(H2,18,19);1H. The summed E-state index contributed by atoms with van der Waals surface area (Å²) in [6, 6.07) is 6.64. The first-order valence-electron chi connectivity index (χ1n) is 7.69. The van der Waals surface area contributed by atoms with Crippen LogP contribution in [0.5, 0.6) is 0 Å². The molecule has 2 fully saturated rings. The molecule has 0 bridgehead atoms. The monoisotopic (exact) mass is 434 g/mol. The third-order valence-electron chi connectivity index (χ3n) is 4.32. The van der Waals surface area contributed by atoms with Gasteiger partial charge < -0.3 is 20.3 Å². The predicted molar refractivity (Wildman–Crippen MR) is 101 cm³/mol. The Hall–Kier alpha value is -1.09. The van der Waals surface area contributed by atoms with Gasteiger partial charge in [0.25, 0.3) is 0 Å². The van der Waals surface area contributed by atoms with Crippen molar-refractivity contribution in [1.29, 1.82) is 0 Å². The fourth-order valence-electron chi connectivity index (χ4n) is 2.76. The number of benzene rings is 1. The number of hydrogen-bond acceptors (Lipinski definition) is 3. The van der Waals surface area contributed by atoms with E-state index in [9.17, 15) is 4.39 Å². The maximum atomic E-state index is 13.0. The van der Waals surface area contributed by atoms with Gasteiger partial charge in [-0.05, 0) is 24.3 Å². The molecule has 2 aliphatic rings. The van der Waals surface area contributed by atoms with Crippen LogP contribution in [0.25, 0.3) is 0 Å². The molecule has 128 valence electrons. The molecule has 0 unspecified atom stereocenters. The Balaban J connectivity index is 0.00000192. The maximum absolute atomic E-state index is 13.0. The maximum Gasteiger partial charge on any atom is 0.191 e. The number of nitrogens with zero attached hydrogens (tertiary/aromatic N) is 3. The van der Waals surface area contributed by atoms with Crippen molar-refractivity contribution in [3.8, 4) is 0 Å². The molecule has 23 heavy (non-hydrogen) atoms. The molecule has 0 aliphatic carbocycles. The summed E-state index contributed by atoms with van der Waals surface area (Å²) in [5.41, 5.74) is 7.31. The van der Waals surface area contributed by atoms with E-state index in [1.807, 2.05) is 12.1 Å². The van der Waals surface area contributed by atoms with Crippen LogP contribution < -0.4 is 10.6 Å². The van der Waals surface area contributed by atoms with Gasteiger partial charge in [0, 0.05) is 37.3 Å². The molecule has 0 spiro atoms.